The van der Waals surface area contributed by atoms with Gasteiger partial charge in [0.1, 0.15) is 12.4 Å². The maximum Gasteiger partial charge on any atom is 0.143 e. The van der Waals surface area contributed by atoms with Gasteiger partial charge in [-0.25, -0.2) is 0 Å². The second kappa shape index (κ2) is 4.73. The minimum absolute atomic E-state index is 0.381. The van der Waals surface area contributed by atoms with Crippen molar-refractivity contribution >= 4 is 17.3 Å². The van der Waals surface area contributed by atoms with E-state index in [0.717, 1.165) is 24.4 Å². The molecule has 0 spiro atoms. The van der Waals surface area contributed by atoms with Crippen LogP contribution in [0.1, 0.15) is 6.42 Å². The fourth-order valence-corrected chi connectivity index (χ4v) is 1.82. The Morgan fingerprint density at radius 1 is 1.60 bits per heavy atom. The molecule has 0 aliphatic carbocycles. The van der Waals surface area contributed by atoms with Gasteiger partial charge in [0.15, 0.2) is 0 Å². The summed E-state index contributed by atoms with van der Waals surface area (Å²) in [5, 5.41) is 7.28. The van der Waals surface area contributed by atoms with Crippen LogP contribution in [-0.4, -0.2) is 26.2 Å². The minimum Gasteiger partial charge on any atom is -0.489 e. The molecule has 0 aromatic heterocycles. The molecule has 0 bridgehead atoms. The summed E-state index contributed by atoms with van der Waals surface area (Å²) in [4.78, 5) is 0. The van der Waals surface area contributed by atoms with Gasteiger partial charge in [0.2, 0.25) is 0 Å². The molecule has 1 aliphatic heterocycles. The van der Waals surface area contributed by atoms with Crippen LogP contribution in [0.5, 0.6) is 5.75 Å². The number of hydrogen-bond acceptors (Lipinski definition) is 3. The molecule has 1 aromatic carbocycles. The number of anilines is 1. The lowest BCUT2D eigenvalue weighted by Crippen LogP contribution is -2.33. The van der Waals surface area contributed by atoms with Gasteiger partial charge in [0.25, 0.3) is 0 Å². The zero-order chi connectivity index (χ0) is 10.7. The molecule has 0 radical (unpaired) electrons. The van der Waals surface area contributed by atoms with Crippen LogP contribution in [0.15, 0.2) is 18.2 Å². The van der Waals surface area contributed by atoms with Gasteiger partial charge in [-0.1, -0.05) is 11.6 Å². The first-order valence-electron chi connectivity index (χ1n) is 5.13. The Morgan fingerprint density at radius 3 is 3.27 bits per heavy atom. The predicted octanol–water partition coefficient (Wildman–Crippen LogP) is 2.12. The molecular formula is C11H15ClN2O. The molecule has 1 heterocycles. The fourth-order valence-electron chi connectivity index (χ4n) is 1.66. The van der Waals surface area contributed by atoms with E-state index in [9.17, 15) is 0 Å². The summed E-state index contributed by atoms with van der Waals surface area (Å²) < 4.78 is 5.64. The molecule has 2 rings (SSSR count). The number of hydrogen-bond donors (Lipinski definition) is 2. The highest BCUT2D eigenvalue weighted by Crippen LogP contribution is 2.31. The summed E-state index contributed by atoms with van der Waals surface area (Å²) >= 11 is 5.88. The predicted molar refractivity (Wildman–Crippen MR) is 62.9 cm³/mol. The van der Waals surface area contributed by atoms with E-state index in [-0.39, 0.29) is 0 Å². The largest absolute Gasteiger partial charge is 0.489 e. The van der Waals surface area contributed by atoms with Crippen molar-refractivity contribution in [3.8, 4) is 5.75 Å². The van der Waals surface area contributed by atoms with Crippen LogP contribution in [0.4, 0.5) is 5.69 Å². The topological polar surface area (TPSA) is 33.3 Å². The molecule has 0 fully saturated rings. The van der Waals surface area contributed by atoms with Crippen molar-refractivity contribution in [3.63, 3.8) is 0 Å². The van der Waals surface area contributed by atoms with E-state index in [4.69, 9.17) is 16.3 Å². The van der Waals surface area contributed by atoms with E-state index in [1.54, 1.807) is 0 Å². The van der Waals surface area contributed by atoms with E-state index < -0.39 is 0 Å². The highest BCUT2D eigenvalue weighted by Gasteiger charge is 2.18. The van der Waals surface area contributed by atoms with Crippen LogP contribution in [0.2, 0.25) is 5.02 Å². The molecule has 1 aliphatic rings. The zero-order valence-electron chi connectivity index (χ0n) is 8.72. The highest BCUT2D eigenvalue weighted by atomic mass is 35.5. The summed E-state index contributed by atoms with van der Waals surface area (Å²) in [6.07, 6.45) is 1.05. The Kier molecular flexibility index (Phi) is 3.34. The van der Waals surface area contributed by atoms with E-state index in [1.807, 2.05) is 25.2 Å². The van der Waals surface area contributed by atoms with Crippen LogP contribution in [0, 0.1) is 0 Å². The summed E-state index contributed by atoms with van der Waals surface area (Å²) in [5.41, 5.74) is 1.03. The van der Waals surface area contributed by atoms with Crippen molar-refractivity contribution in [3.05, 3.63) is 23.2 Å². The van der Waals surface area contributed by atoms with Gasteiger partial charge in [-0.05, 0) is 32.1 Å². The normalized spacial score (nSPS) is 18.9. The van der Waals surface area contributed by atoms with Crippen LogP contribution >= 0.6 is 11.6 Å². The molecule has 1 unspecified atom stereocenters. The second-order valence-corrected chi connectivity index (χ2v) is 4.12. The number of ether oxygens (including phenoxy) is 1. The van der Waals surface area contributed by atoms with Gasteiger partial charge in [0.05, 0.1) is 11.7 Å². The van der Waals surface area contributed by atoms with Crippen molar-refractivity contribution in [2.24, 2.45) is 0 Å². The summed E-state index contributed by atoms with van der Waals surface area (Å²) in [6, 6.07) is 6.06. The Morgan fingerprint density at radius 2 is 2.47 bits per heavy atom. The number of nitrogens with one attached hydrogen (secondary N) is 2. The lowest BCUT2D eigenvalue weighted by Gasteiger charge is -2.27. The van der Waals surface area contributed by atoms with Gasteiger partial charge < -0.3 is 15.4 Å². The molecule has 1 atom stereocenters. The Bertz CT molecular complexity index is 343. The molecule has 0 saturated heterocycles. The Labute approximate surface area is 94.8 Å². The van der Waals surface area contributed by atoms with Gasteiger partial charge in [-0.3, -0.25) is 0 Å². The summed E-state index contributed by atoms with van der Waals surface area (Å²) in [6.45, 7) is 1.69. The smallest absolute Gasteiger partial charge is 0.143 e. The Balaban J connectivity index is 2.03. The number of benzene rings is 1. The SMILES string of the molecule is CNCCC1COc2cc(Cl)ccc2N1. The third kappa shape index (κ3) is 2.55. The maximum absolute atomic E-state index is 5.88. The van der Waals surface area contributed by atoms with Crippen LogP contribution < -0.4 is 15.4 Å². The van der Waals surface area contributed by atoms with Crippen molar-refractivity contribution in [2.45, 2.75) is 12.5 Å². The first kappa shape index (κ1) is 10.6. The molecule has 0 saturated carbocycles. The summed E-state index contributed by atoms with van der Waals surface area (Å²) in [7, 11) is 1.96. The number of fused-ring (bicyclic) bond motifs is 1. The zero-order valence-corrected chi connectivity index (χ0v) is 9.47. The van der Waals surface area contributed by atoms with E-state index >= 15 is 0 Å². The lowest BCUT2D eigenvalue weighted by molar-refractivity contribution is 0.278. The first-order valence-corrected chi connectivity index (χ1v) is 5.51. The van der Waals surface area contributed by atoms with E-state index in [0.29, 0.717) is 17.7 Å². The Hall–Kier alpha value is -0.930. The third-order valence-corrected chi connectivity index (χ3v) is 2.72. The van der Waals surface area contributed by atoms with E-state index in [1.165, 1.54) is 0 Å². The monoisotopic (exact) mass is 226 g/mol. The van der Waals surface area contributed by atoms with Gasteiger partial charge >= 0.3 is 0 Å². The lowest BCUT2D eigenvalue weighted by atomic mass is 10.1. The standard InChI is InChI=1S/C11H15ClN2O/c1-13-5-4-9-7-15-11-6-8(12)2-3-10(11)14-9/h2-3,6,9,13-14H,4-5,7H2,1H3. The van der Waals surface area contributed by atoms with Crippen molar-refractivity contribution in [2.75, 3.05) is 25.5 Å². The molecule has 82 valence electrons. The van der Waals surface area contributed by atoms with Gasteiger partial charge in [-0.15, -0.1) is 0 Å². The van der Waals surface area contributed by atoms with Crippen molar-refractivity contribution in [1.82, 2.24) is 5.32 Å². The maximum atomic E-state index is 5.88. The average Bonchev–Trinajstić information content (AvgIpc) is 2.26. The van der Waals surface area contributed by atoms with Gasteiger partial charge in [0, 0.05) is 11.1 Å². The highest BCUT2D eigenvalue weighted by molar-refractivity contribution is 6.30. The number of rotatable bonds is 3. The van der Waals surface area contributed by atoms with Crippen molar-refractivity contribution < 1.29 is 4.74 Å². The van der Waals surface area contributed by atoms with E-state index in [2.05, 4.69) is 10.6 Å². The molecule has 2 N–H and O–H groups in total. The third-order valence-electron chi connectivity index (χ3n) is 2.49. The van der Waals surface area contributed by atoms with Crippen LogP contribution in [0.3, 0.4) is 0 Å². The molecule has 15 heavy (non-hydrogen) atoms. The minimum atomic E-state index is 0.381. The molecule has 4 heteroatoms. The quantitative estimate of drug-likeness (QED) is 0.829. The van der Waals surface area contributed by atoms with Crippen molar-refractivity contribution in [1.29, 1.82) is 0 Å². The van der Waals surface area contributed by atoms with Gasteiger partial charge in [-0.2, -0.15) is 0 Å². The number of halogens is 1. The fraction of sp³-hybridized carbons (Fsp3) is 0.455. The molecular weight excluding hydrogens is 212 g/mol. The average molecular weight is 227 g/mol. The molecule has 1 aromatic rings. The van der Waals surface area contributed by atoms with Crippen LogP contribution in [-0.2, 0) is 0 Å². The molecule has 0 amide bonds. The van der Waals surface area contributed by atoms with Crippen LogP contribution in [0.25, 0.3) is 0 Å². The second-order valence-electron chi connectivity index (χ2n) is 3.68. The first-order chi connectivity index (χ1) is 7.29. The molecule has 3 nitrogen and oxygen atoms in total. The summed E-state index contributed by atoms with van der Waals surface area (Å²) in [5.74, 6) is 0.850.